The summed E-state index contributed by atoms with van der Waals surface area (Å²) >= 11 is 0. The highest BCUT2D eigenvalue weighted by Crippen LogP contribution is 2.56. The summed E-state index contributed by atoms with van der Waals surface area (Å²) in [6, 6.07) is 29.2. The molecule has 0 saturated carbocycles. The minimum atomic E-state index is -1.03. The Labute approximate surface area is 428 Å². The molecule has 0 fully saturated rings. The minimum absolute atomic E-state index is 0.0878. The molecule has 0 spiro atoms. The van der Waals surface area contributed by atoms with Gasteiger partial charge in [-0.1, -0.05) is 153 Å². The fourth-order valence-corrected chi connectivity index (χ4v) is 10.9. The Balaban J connectivity index is 1.54. The van der Waals surface area contributed by atoms with Gasteiger partial charge in [0.05, 0.1) is 18.2 Å². The van der Waals surface area contributed by atoms with Crippen LogP contribution >= 0.6 is 0 Å². The first-order chi connectivity index (χ1) is 35.1. The lowest BCUT2D eigenvalue weighted by atomic mass is 9.66. The quantitative estimate of drug-likeness (QED) is 0.0206. The Kier molecular flexibility index (Phi) is 18.8. The Morgan fingerprint density at radius 3 is 1.36 bits per heavy atom. The molecule has 0 aliphatic heterocycles. The van der Waals surface area contributed by atoms with Crippen molar-refractivity contribution in [1.82, 2.24) is 0 Å². The first-order valence-corrected chi connectivity index (χ1v) is 27.1. The maximum atomic E-state index is 15.9. The normalized spacial score (nSPS) is 13.3. The van der Waals surface area contributed by atoms with E-state index in [0.717, 1.165) is 183 Å². The van der Waals surface area contributed by atoms with Gasteiger partial charge in [-0.05, 0) is 111 Å². The lowest BCUT2D eigenvalue weighted by Crippen LogP contribution is -2.32. The maximum Gasteiger partial charge on any atom is 0.251 e. The summed E-state index contributed by atoms with van der Waals surface area (Å²) in [6.45, 7) is 23.8. The van der Waals surface area contributed by atoms with E-state index in [0.29, 0.717) is 28.1 Å². The van der Waals surface area contributed by atoms with E-state index in [-0.39, 0.29) is 28.9 Å². The first-order valence-electron chi connectivity index (χ1n) is 27.1. The fourth-order valence-electron chi connectivity index (χ4n) is 10.9. The molecule has 1 atom stereocenters. The van der Waals surface area contributed by atoms with Crippen molar-refractivity contribution in [2.24, 2.45) is 0 Å². The zero-order chi connectivity index (χ0) is 51.1. The number of anilines is 4. The standard InChI is InChI=1S/C63H76N6O3/c1-8-12-16-24-32-68(33-25-17-13-9-2)56-40-53(66-43(5)70)58(51-38-47-30-22-20-28-45(47)36-49(51)56)61-60(55(42-64)65-7)62(63(61)72)59-52-39-48-31-23-21-29-46(48)37-50(52)57(41-54(59)67-44(6)71)69(34-26-18-14-10-3)35-27-19-15-11-4/h20-23,28-31,36-41,61,64H,8-19,24-27,32-35H2,1-6H3,(H,66,70)(H,67,71). The van der Waals surface area contributed by atoms with Gasteiger partial charge in [0, 0.05) is 79.0 Å². The van der Waals surface area contributed by atoms with Gasteiger partial charge in [0.25, 0.3) is 5.70 Å². The van der Waals surface area contributed by atoms with E-state index in [1.807, 2.05) is 30.3 Å². The van der Waals surface area contributed by atoms with E-state index in [9.17, 15) is 9.59 Å². The molecule has 0 radical (unpaired) electrons. The molecule has 0 bridgehead atoms. The van der Waals surface area contributed by atoms with Crippen LogP contribution in [0.5, 0.6) is 0 Å². The summed E-state index contributed by atoms with van der Waals surface area (Å²) < 4.78 is 0. The molecule has 1 unspecified atom stereocenters. The number of carbonyl (C=O) groups is 3. The molecule has 0 aromatic heterocycles. The third-order valence-electron chi connectivity index (χ3n) is 14.5. The van der Waals surface area contributed by atoms with Gasteiger partial charge in [-0.15, -0.1) is 0 Å². The second kappa shape index (κ2) is 25.6. The number of hydrogen-bond donors (Lipinski definition) is 3. The van der Waals surface area contributed by atoms with Gasteiger partial charge >= 0.3 is 0 Å². The van der Waals surface area contributed by atoms with Crippen LogP contribution in [0.3, 0.4) is 0 Å². The molecule has 9 nitrogen and oxygen atoms in total. The molecule has 9 heteroatoms. The number of fused-ring (bicyclic) bond motifs is 4. The molecule has 6 aromatic carbocycles. The van der Waals surface area contributed by atoms with Crippen molar-refractivity contribution in [3.63, 3.8) is 0 Å². The smallest absolute Gasteiger partial charge is 0.251 e. The van der Waals surface area contributed by atoms with E-state index in [1.54, 1.807) is 0 Å². The molecule has 376 valence electrons. The number of unbranched alkanes of at least 4 members (excludes halogenated alkanes) is 12. The van der Waals surface area contributed by atoms with Gasteiger partial charge in [0.2, 0.25) is 11.8 Å². The highest BCUT2D eigenvalue weighted by atomic mass is 16.2. The van der Waals surface area contributed by atoms with Crippen LogP contribution in [0, 0.1) is 12.0 Å². The van der Waals surface area contributed by atoms with E-state index in [4.69, 9.17) is 12.0 Å². The number of ketones is 1. The van der Waals surface area contributed by atoms with Crippen LogP contribution in [0.25, 0.3) is 53.5 Å². The average molecular weight is 965 g/mol. The van der Waals surface area contributed by atoms with Gasteiger partial charge in [-0.25, -0.2) is 4.85 Å². The topological polar surface area (TPSA) is 110 Å². The summed E-state index contributed by atoms with van der Waals surface area (Å²) in [6.07, 6.45) is 17.7. The van der Waals surface area contributed by atoms with E-state index in [1.165, 1.54) is 13.8 Å². The number of Topliss-reactive ketones (excluding diaryl/α,β-unsaturated/α-hetero) is 1. The average Bonchev–Trinajstić information content (AvgIpc) is 3.37. The summed E-state index contributed by atoms with van der Waals surface area (Å²) in [5.74, 6) is 0.610. The molecule has 2 amide bonds. The summed E-state index contributed by atoms with van der Waals surface area (Å²) in [4.78, 5) is 51.6. The summed E-state index contributed by atoms with van der Waals surface area (Å²) in [5, 5.41) is 22.6. The SMILES string of the molecule is [C-]#[N+]C(=C=N)C1=C(c2c(NC(C)=O)cc(N(CCCCCC)CCCCCC)c3cc4ccccc4cc23)C(=O)C1c1c(NC(C)=O)cc(N(CCCCCC)CCCCCC)c2cc3ccccc3cc12. The van der Waals surface area contributed by atoms with Crippen molar-refractivity contribution in [2.45, 2.75) is 150 Å². The Morgan fingerprint density at radius 1 is 0.569 bits per heavy atom. The second-order valence-electron chi connectivity index (χ2n) is 19.9. The van der Waals surface area contributed by atoms with Crippen LogP contribution < -0.4 is 20.4 Å². The monoisotopic (exact) mass is 965 g/mol. The highest BCUT2D eigenvalue weighted by molar-refractivity contribution is 6.39. The molecule has 3 N–H and O–H groups in total. The number of amides is 2. The number of nitrogens with one attached hydrogen (secondary N) is 3. The molecule has 7 rings (SSSR count). The largest absolute Gasteiger partial charge is 0.371 e. The Morgan fingerprint density at radius 2 is 0.958 bits per heavy atom. The molecule has 6 aromatic rings. The molecule has 72 heavy (non-hydrogen) atoms. The van der Waals surface area contributed by atoms with Crippen LogP contribution in [-0.4, -0.2) is 49.6 Å². The van der Waals surface area contributed by atoms with Crippen LogP contribution in [0.1, 0.15) is 161 Å². The van der Waals surface area contributed by atoms with Gasteiger partial charge in [-0.2, -0.15) is 0 Å². The van der Waals surface area contributed by atoms with Crippen LogP contribution in [0.15, 0.2) is 96.2 Å². The van der Waals surface area contributed by atoms with Crippen molar-refractivity contribution < 1.29 is 14.4 Å². The highest BCUT2D eigenvalue weighted by Gasteiger charge is 2.46. The van der Waals surface area contributed by atoms with Crippen LogP contribution in [-0.2, 0) is 14.4 Å². The lowest BCUT2D eigenvalue weighted by molar-refractivity contribution is -0.116. The number of allylic oxidation sites excluding steroid dienone is 2. The zero-order valence-corrected chi connectivity index (χ0v) is 43.9. The number of carbonyl (C=O) groups excluding carboxylic acids is 3. The molecule has 1 aliphatic carbocycles. The molecule has 0 heterocycles. The second-order valence-corrected chi connectivity index (χ2v) is 19.9. The van der Waals surface area contributed by atoms with Gasteiger partial charge in [0.15, 0.2) is 5.78 Å². The van der Waals surface area contributed by atoms with Crippen molar-refractivity contribution >= 4 is 94.9 Å². The fraction of sp³-hybridized carbons (Fsp3) is 0.429. The third kappa shape index (κ3) is 11.9. The predicted molar refractivity (Wildman–Crippen MR) is 305 cm³/mol. The van der Waals surface area contributed by atoms with Crippen molar-refractivity contribution in [3.05, 3.63) is 119 Å². The van der Waals surface area contributed by atoms with Gasteiger partial charge < -0.3 is 20.4 Å². The number of nitrogens with zero attached hydrogens (tertiary/aromatic N) is 3. The lowest BCUT2D eigenvalue weighted by Gasteiger charge is -2.37. The number of benzene rings is 6. The van der Waals surface area contributed by atoms with Crippen molar-refractivity contribution in [1.29, 1.82) is 5.41 Å². The van der Waals surface area contributed by atoms with Crippen LogP contribution in [0.2, 0.25) is 0 Å². The van der Waals surface area contributed by atoms with Crippen LogP contribution in [0.4, 0.5) is 22.7 Å². The van der Waals surface area contributed by atoms with Crippen molar-refractivity contribution in [3.8, 4) is 0 Å². The zero-order valence-electron chi connectivity index (χ0n) is 43.9. The number of rotatable bonds is 27. The minimum Gasteiger partial charge on any atom is -0.371 e. The van der Waals surface area contributed by atoms with Gasteiger partial charge in [-0.3, -0.25) is 19.8 Å². The number of hydrogen-bond acceptors (Lipinski definition) is 6. The summed E-state index contributed by atoms with van der Waals surface area (Å²) in [7, 11) is 0. The maximum absolute atomic E-state index is 15.9. The Bertz CT molecular complexity index is 3040. The predicted octanol–water partition coefficient (Wildman–Crippen LogP) is 16.3. The first kappa shape index (κ1) is 53.1. The van der Waals surface area contributed by atoms with E-state index < -0.39 is 5.92 Å². The van der Waals surface area contributed by atoms with E-state index in [2.05, 4.69) is 113 Å². The van der Waals surface area contributed by atoms with Crippen molar-refractivity contribution in [2.75, 3.05) is 46.6 Å². The Hall–Kier alpha value is -6.75. The van der Waals surface area contributed by atoms with Gasteiger partial charge in [0.1, 0.15) is 0 Å². The summed E-state index contributed by atoms with van der Waals surface area (Å²) in [5.41, 5.74) is 4.64. The van der Waals surface area contributed by atoms with E-state index >= 15 is 4.79 Å². The molecule has 1 aliphatic rings. The third-order valence-corrected chi connectivity index (χ3v) is 14.5. The molecule has 0 saturated heterocycles. The molecular formula is C63H76N6O3. The molecular weight excluding hydrogens is 889 g/mol.